The molecule has 0 spiro atoms. The Labute approximate surface area is 112 Å². The lowest BCUT2D eigenvalue weighted by Crippen LogP contribution is -2.39. The molecule has 1 fully saturated rings. The zero-order valence-corrected chi connectivity index (χ0v) is 11.6. The minimum Gasteiger partial charge on any atom is -0.382 e. The SMILES string of the molecule is CCC1CN(c2nc(C)cc(C(=N)N)n2)CCS1. The summed E-state index contributed by atoms with van der Waals surface area (Å²) in [5, 5.41) is 8.13. The Balaban J connectivity index is 2.24. The lowest BCUT2D eigenvalue weighted by molar-refractivity contribution is 0.707. The van der Waals surface area contributed by atoms with Gasteiger partial charge in [0.1, 0.15) is 11.5 Å². The van der Waals surface area contributed by atoms with Gasteiger partial charge in [-0.25, -0.2) is 9.97 Å². The number of hydrogen-bond acceptors (Lipinski definition) is 5. The number of hydrogen-bond donors (Lipinski definition) is 2. The van der Waals surface area contributed by atoms with Crippen LogP contribution in [-0.4, -0.2) is 39.9 Å². The van der Waals surface area contributed by atoms with Gasteiger partial charge in [-0.1, -0.05) is 6.92 Å². The fraction of sp³-hybridized carbons (Fsp3) is 0.583. The molecule has 6 heteroatoms. The third-order valence-electron chi connectivity index (χ3n) is 3.00. The summed E-state index contributed by atoms with van der Waals surface area (Å²) in [7, 11) is 0. The fourth-order valence-corrected chi connectivity index (χ4v) is 3.16. The van der Waals surface area contributed by atoms with Crippen LogP contribution < -0.4 is 10.6 Å². The van der Waals surface area contributed by atoms with Crippen LogP contribution in [0, 0.1) is 12.3 Å². The average Bonchev–Trinajstić information content (AvgIpc) is 2.38. The first-order valence-corrected chi connectivity index (χ1v) is 7.21. The van der Waals surface area contributed by atoms with E-state index in [1.165, 1.54) is 0 Å². The number of rotatable bonds is 3. The lowest BCUT2D eigenvalue weighted by atomic mass is 10.3. The zero-order valence-electron chi connectivity index (χ0n) is 10.8. The van der Waals surface area contributed by atoms with Crippen molar-refractivity contribution in [2.24, 2.45) is 5.73 Å². The van der Waals surface area contributed by atoms with Gasteiger partial charge in [0.2, 0.25) is 5.95 Å². The minimum absolute atomic E-state index is 0.000163. The Morgan fingerprint density at radius 3 is 3.06 bits per heavy atom. The van der Waals surface area contributed by atoms with Crippen molar-refractivity contribution in [3.63, 3.8) is 0 Å². The first kappa shape index (κ1) is 13.1. The number of aromatic nitrogens is 2. The Morgan fingerprint density at radius 2 is 2.39 bits per heavy atom. The van der Waals surface area contributed by atoms with Gasteiger partial charge in [0, 0.05) is 29.8 Å². The van der Waals surface area contributed by atoms with Crippen LogP contribution in [0.25, 0.3) is 0 Å². The Hall–Kier alpha value is -1.30. The number of aryl methyl sites for hydroxylation is 1. The van der Waals surface area contributed by atoms with Gasteiger partial charge in [-0.3, -0.25) is 5.41 Å². The molecule has 1 unspecified atom stereocenters. The first-order valence-electron chi connectivity index (χ1n) is 6.16. The third kappa shape index (κ3) is 2.93. The molecule has 1 aromatic heterocycles. The molecule has 98 valence electrons. The first-order chi connectivity index (χ1) is 8.60. The van der Waals surface area contributed by atoms with Gasteiger partial charge in [0.15, 0.2) is 0 Å². The van der Waals surface area contributed by atoms with E-state index in [-0.39, 0.29) is 5.84 Å². The normalized spacial score (nSPS) is 19.9. The highest BCUT2D eigenvalue weighted by Crippen LogP contribution is 2.23. The number of nitrogens with two attached hydrogens (primary N) is 1. The quantitative estimate of drug-likeness (QED) is 0.638. The molecule has 2 rings (SSSR count). The molecule has 0 amide bonds. The molecule has 0 bridgehead atoms. The predicted octanol–water partition coefficient (Wildman–Crippen LogP) is 1.40. The molecule has 0 radical (unpaired) electrons. The largest absolute Gasteiger partial charge is 0.382 e. The molecule has 1 atom stereocenters. The molecule has 1 saturated heterocycles. The summed E-state index contributed by atoms with van der Waals surface area (Å²) in [5.74, 6) is 1.81. The van der Waals surface area contributed by atoms with Crippen molar-refractivity contribution >= 4 is 23.5 Å². The van der Waals surface area contributed by atoms with E-state index in [1.807, 2.05) is 18.7 Å². The van der Waals surface area contributed by atoms with E-state index in [1.54, 1.807) is 6.07 Å². The van der Waals surface area contributed by atoms with Crippen LogP contribution >= 0.6 is 11.8 Å². The second-order valence-electron chi connectivity index (χ2n) is 4.46. The van der Waals surface area contributed by atoms with Crippen molar-refractivity contribution in [1.29, 1.82) is 5.41 Å². The van der Waals surface area contributed by atoms with Crippen LogP contribution in [0.2, 0.25) is 0 Å². The molecule has 0 saturated carbocycles. The fourth-order valence-electron chi connectivity index (χ4n) is 1.98. The molecule has 1 aliphatic rings. The second-order valence-corrected chi connectivity index (χ2v) is 5.86. The van der Waals surface area contributed by atoms with Crippen molar-refractivity contribution in [1.82, 2.24) is 9.97 Å². The summed E-state index contributed by atoms with van der Waals surface area (Å²) in [6.07, 6.45) is 1.16. The summed E-state index contributed by atoms with van der Waals surface area (Å²) in [5.41, 5.74) is 6.88. The molecule has 3 N–H and O–H groups in total. The van der Waals surface area contributed by atoms with E-state index < -0.39 is 0 Å². The van der Waals surface area contributed by atoms with Gasteiger partial charge in [-0.15, -0.1) is 0 Å². The molecular formula is C12H19N5S. The maximum absolute atomic E-state index is 7.48. The van der Waals surface area contributed by atoms with E-state index in [9.17, 15) is 0 Å². The highest BCUT2D eigenvalue weighted by Gasteiger charge is 2.21. The minimum atomic E-state index is 0.000163. The summed E-state index contributed by atoms with van der Waals surface area (Å²) in [6.45, 7) is 6.05. The molecule has 18 heavy (non-hydrogen) atoms. The van der Waals surface area contributed by atoms with Gasteiger partial charge < -0.3 is 10.6 Å². The van der Waals surface area contributed by atoms with Gasteiger partial charge >= 0.3 is 0 Å². The van der Waals surface area contributed by atoms with E-state index in [4.69, 9.17) is 11.1 Å². The molecule has 0 aromatic carbocycles. The van der Waals surface area contributed by atoms with Gasteiger partial charge in [0.25, 0.3) is 0 Å². The van der Waals surface area contributed by atoms with E-state index >= 15 is 0 Å². The van der Waals surface area contributed by atoms with Gasteiger partial charge in [0.05, 0.1) is 0 Å². The number of thioether (sulfide) groups is 1. The number of nitrogens with zero attached hydrogens (tertiary/aromatic N) is 3. The maximum atomic E-state index is 7.48. The number of nitrogen functional groups attached to an aromatic ring is 1. The van der Waals surface area contributed by atoms with Crippen molar-refractivity contribution in [2.75, 3.05) is 23.7 Å². The smallest absolute Gasteiger partial charge is 0.226 e. The summed E-state index contributed by atoms with van der Waals surface area (Å²) in [4.78, 5) is 11.0. The van der Waals surface area contributed by atoms with E-state index in [0.717, 1.165) is 31.0 Å². The Kier molecular flexibility index (Phi) is 4.06. The number of nitrogens with one attached hydrogen (secondary N) is 1. The average molecular weight is 265 g/mol. The van der Waals surface area contributed by atoms with Crippen LogP contribution in [0.15, 0.2) is 6.07 Å². The van der Waals surface area contributed by atoms with Crippen molar-refractivity contribution < 1.29 is 0 Å². The molecule has 1 aliphatic heterocycles. The Morgan fingerprint density at radius 1 is 1.61 bits per heavy atom. The van der Waals surface area contributed by atoms with Gasteiger partial charge in [-0.05, 0) is 19.4 Å². The van der Waals surface area contributed by atoms with Crippen molar-refractivity contribution in [2.45, 2.75) is 25.5 Å². The Bertz CT molecular complexity index is 448. The topological polar surface area (TPSA) is 78.9 Å². The second kappa shape index (κ2) is 5.56. The van der Waals surface area contributed by atoms with Crippen LogP contribution in [0.3, 0.4) is 0 Å². The molecule has 1 aromatic rings. The highest BCUT2D eigenvalue weighted by atomic mass is 32.2. The zero-order chi connectivity index (χ0) is 13.1. The van der Waals surface area contributed by atoms with Crippen LogP contribution in [0.4, 0.5) is 5.95 Å². The van der Waals surface area contributed by atoms with E-state index in [0.29, 0.717) is 16.9 Å². The number of amidine groups is 1. The summed E-state index contributed by atoms with van der Waals surface area (Å²) < 4.78 is 0. The summed E-state index contributed by atoms with van der Waals surface area (Å²) in [6, 6.07) is 1.75. The predicted molar refractivity (Wildman–Crippen MR) is 76.5 cm³/mol. The molecule has 0 aliphatic carbocycles. The van der Waals surface area contributed by atoms with Gasteiger partial charge in [-0.2, -0.15) is 11.8 Å². The van der Waals surface area contributed by atoms with Crippen LogP contribution in [-0.2, 0) is 0 Å². The maximum Gasteiger partial charge on any atom is 0.226 e. The summed E-state index contributed by atoms with van der Waals surface area (Å²) >= 11 is 2.01. The molecule has 2 heterocycles. The van der Waals surface area contributed by atoms with E-state index in [2.05, 4.69) is 21.8 Å². The molecular weight excluding hydrogens is 246 g/mol. The van der Waals surface area contributed by atoms with Crippen molar-refractivity contribution in [3.05, 3.63) is 17.5 Å². The van der Waals surface area contributed by atoms with Crippen LogP contribution in [0.1, 0.15) is 24.7 Å². The monoisotopic (exact) mass is 265 g/mol. The third-order valence-corrected chi connectivity index (χ3v) is 4.37. The number of anilines is 1. The van der Waals surface area contributed by atoms with Crippen LogP contribution in [0.5, 0.6) is 0 Å². The van der Waals surface area contributed by atoms with Crippen molar-refractivity contribution in [3.8, 4) is 0 Å². The lowest BCUT2D eigenvalue weighted by Gasteiger charge is -2.32. The standard InChI is InChI=1S/C12H19N5S/c1-3-9-7-17(4-5-18-9)12-15-8(2)6-10(16-12)11(13)14/h6,9H,3-5,7H2,1-2H3,(H3,13,14). The highest BCUT2D eigenvalue weighted by molar-refractivity contribution is 8.00. The molecule has 5 nitrogen and oxygen atoms in total.